The topological polar surface area (TPSA) is 65.5 Å². The van der Waals surface area contributed by atoms with Gasteiger partial charge in [0.2, 0.25) is 0 Å². The molecule has 1 aliphatic rings. The Labute approximate surface area is 120 Å². The molecular formula is C15H23N3O2. The van der Waals surface area contributed by atoms with Gasteiger partial charge in [0, 0.05) is 25.5 Å². The van der Waals surface area contributed by atoms with Crippen LogP contribution in [0, 0.1) is 0 Å². The molecule has 2 unspecified atom stereocenters. The van der Waals surface area contributed by atoms with E-state index in [9.17, 15) is 9.90 Å². The standard InChI is InChI=1S/C15H23N3O2/c1-3-16-15(20)12-10-11(8-9-17-12)18(2)13-6-4-5-7-14(13)19/h8-10,13-14,19H,3-7H2,1-2H3,(H,16,20). The van der Waals surface area contributed by atoms with Crippen molar-refractivity contribution in [2.75, 3.05) is 18.5 Å². The first-order chi connectivity index (χ1) is 9.63. The monoisotopic (exact) mass is 277 g/mol. The Bertz CT molecular complexity index is 464. The highest BCUT2D eigenvalue weighted by Crippen LogP contribution is 2.26. The van der Waals surface area contributed by atoms with E-state index in [1.54, 1.807) is 12.3 Å². The second-order valence-electron chi connectivity index (χ2n) is 5.29. The van der Waals surface area contributed by atoms with Gasteiger partial charge in [0.25, 0.3) is 5.91 Å². The van der Waals surface area contributed by atoms with Crippen LogP contribution in [-0.2, 0) is 0 Å². The molecule has 20 heavy (non-hydrogen) atoms. The molecule has 1 heterocycles. The van der Waals surface area contributed by atoms with Crippen molar-refractivity contribution in [3.8, 4) is 0 Å². The van der Waals surface area contributed by atoms with Crippen LogP contribution in [0.2, 0.25) is 0 Å². The molecule has 1 saturated carbocycles. The van der Waals surface area contributed by atoms with E-state index >= 15 is 0 Å². The molecule has 1 aliphatic carbocycles. The lowest BCUT2D eigenvalue weighted by molar-refractivity contribution is 0.0951. The molecule has 0 saturated heterocycles. The zero-order valence-electron chi connectivity index (χ0n) is 12.2. The van der Waals surface area contributed by atoms with Gasteiger partial charge in [-0.3, -0.25) is 9.78 Å². The summed E-state index contributed by atoms with van der Waals surface area (Å²) in [6, 6.07) is 3.78. The van der Waals surface area contributed by atoms with Gasteiger partial charge in [0.05, 0.1) is 12.1 Å². The van der Waals surface area contributed by atoms with Crippen molar-refractivity contribution in [2.24, 2.45) is 0 Å². The summed E-state index contributed by atoms with van der Waals surface area (Å²) in [5.74, 6) is -0.160. The Kier molecular flexibility index (Phi) is 4.95. The van der Waals surface area contributed by atoms with Gasteiger partial charge in [-0.15, -0.1) is 0 Å². The zero-order chi connectivity index (χ0) is 14.5. The molecular weight excluding hydrogens is 254 g/mol. The van der Waals surface area contributed by atoms with Gasteiger partial charge in [-0.05, 0) is 31.9 Å². The Morgan fingerprint density at radius 1 is 1.50 bits per heavy atom. The minimum atomic E-state index is -0.296. The molecule has 5 nitrogen and oxygen atoms in total. The predicted molar refractivity (Wildman–Crippen MR) is 78.9 cm³/mol. The van der Waals surface area contributed by atoms with E-state index in [1.165, 1.54) is 0 Å². The van der Waals surface area contributed by atoms with Crippen molar-refractivity contribution in [3.05, 3.63) is 24.0 Å². The second kappa shape index (κ2) is 6.70. The predicted octanol–water partition coefficient (Wildman–Crippen LogP) is 1.57. The maximum Gasteiger partial charge on any atom is 0.269 e. The first kappa shape index (κ1) is 14.8. The van der Waals surface area contributed by atoms with Gasteiger partial charge in [0.15, 0.2) is 0 Å². The van der Waals surface area contributed by atoms with E-state index in [4.69, 9.17) is 0 Å². The van der Waals surface area contributed by atoms with Crippen molar-refractivity contribution in [1.29, 1.82) is 0 Å². The summed E-state index contributed by atoms with van der Waals surface area (Å²) >= 11 is 0. The average Bonchev–Trinajstić information content (AvgIpc) is 2.47. The Morgan fingerprint density at radius 3 is 2.95 bits per heavy atom. The van der Waals surface area contributed by atoms with Crippen molar-refractivity contribution in [2.45, 2.75) is 44.8 Å². The molecule has 0 radical (unpaired) electrons. The Balaban J connectivity index is 2.15. The number of hydrogen-bond donors (Lipinski definition) is 2. The summed E-state index contributed by atoms with van der Waals surface area (Å²) in [5, 5.41) is 12.9. The lowest BCUT2D eigenvalue weighted by Gasteiger charge is -2.36. The third-order valence-electron chi connectivity index (χ3n) is 3.91. The quantitative estimate of drug-likeness (QED) is 0.877. The summed E-state index contributed by atoms with van der Waals surface area (Å²) in [4.78, 5) is 18.0. The van der Waals surface area contributed by atoms with Crippen molar-refractivity contribution in [1.82, 2.24) is 10.3 Å². The highest BCUT2D eigenvalue weighted by atomic mass is 16.3. The zero-order valence-corrected chi connectivity index (χ0v) is 12.2. The smallest absolute Gasteiger partial charge is 0.269 e. The van der Waals surface area contributed by atoms with Crippen LogP contribution in [0.15, 0.2) is 18.3 Å². The van der Waals surface area contributed by atoms with Crippen molar-refractivity contribution < 1.29 is 9.90 Å². The average molecular weight is 277 g/mol. The second-order valence-corrected chi connectivity index (χ2v) is 5.29. The first-order valence-corrected chi connectivity index (χ1v) is 7.28. The maximum atomic E-state index is 11.8. The SMILES string of the molecule is CCNC(=O)c1cc(N(C)C2CCCCC2O)ccn1. The molecule has 0 aromatic carbocycles. The Morgan fingerprint density at radius 2 is 2.25 bits per heavy atom. The van der Waals surface area contributed by atoms with Crippen LogP contribution in [0.5, 0.6) is 0 Å². The van der Waals surface area contributed by atoms with E-state index in [0.29, 0.717) is 12.2 Å². The minimum absolute atomic E-state index is 0.119. The van der Waals surface area contributed by atoms with Gasteiger partial charge < -0.3 is 15.3 Å². The number of rotatable bonds is 4. The first-order valence-electron chi connectivity index (χ1n) is 7.28. The fourth-order valence-electron chi connectivity index (χ4n) is 2.75. The van der Waals surface area contributed by atoms with Crippen LogP contribution in [0.25, 0.3) is 0 Å². The normalized spacial score (nSPS) is 22.4. The number of aliphatic hydroxyl groups excluding tert-OH is 1. The van der Waals surface area contributed by atoms with Gasteiger partial charge in [-0.2, -0.15) is 0 Å². The molecule has 1 amide bonds. The fraction of sp³-hybridized carbons (Fsp3) is 0.600. The van der Waals surface area contributed by atoms with Crippen molar-refractivity contribution in [3.63, 3.8) is 0 Å². The van der Waals surface area contributed by atoms with Gasteiger partial charge in [-0.25, -0.2) is 0 Å². The molecule has 1 aromatic heterocycles. The van der Waals surface area contributed by atoms with Crippen LogP contribution in [0.4, 0.5) is 5.69 Å². The molecule has 0 spiro atoms. The van der Waals surface area contributed by atoms with E-state index in [0.717, 1.165) is 31.4 Å². The largest absolute Gasteiger partial charge is 0.391 e. The number of hydrogen-bond acceptors (Lipinski definition) is 4. The summed E-state index contributed by atoms with van der Waals surface area (Å²) in [5.41, 5.74) is 1.34. The third-order valence-corrected chi connectivity index (χ3v) is 3.91. The van der Waals surface area contributed by atoms with E-state index in [-0.39, 0.29) is 18.1 Å². The number of nitrogens with zero attached hydrogens (tertiary/aromatic N) is 2. The van der Waals surface area contributed by atoms with E-state index < -0.39 is 0 Å². The molecule has 0 aliphatic heterocycles. The van der Waals surface area contributed by atoms with E-state index in [1.807, 2.05) is 20.0 Å². The number of amides is 1. The molecule has 5 heteroatoms. The molecule has 1 fully saturated rings. The number of pyridine rings is 1. The molecule has 110 valence electrons. The van der Waals surface area contributed by atoms with Gasteiger partial charge in [0.1, 0.15) is 5.69 Å². The van der Waals surface area contributed by atoms with Crippen LogP contribution in [0.3, 0.4) is 0 Å². The highest BCUT2D eigenvalue weighted by Gasteiger charge is 2.27. The van der Waals surface area contributed by atoms with Crippen LogP contribution >= 0.6 is 0 Å². The maximum absolute atomic E-state index is 11.8. The highest BCUT2D eigenvalue weighted by molar-refractivity contribution is 5.93. The number of aromatic nitrogens is 1. The van der Waals surface area contributed by atoms with Crippen LogP contribution in [0.1, 0.15) is 43.1 Å². The number of aliphatic hydroxyl groups is 1. The third kappa shape index (κ3) is 3.28. The summed E-state index contributed by atoms with van der Waals surface area (Å²) in [7, 11) is 1.97. The number of carbonyl (C=O) groups excluding carboxylic acids is 1. The van der Waals surface area contributed by atoms with Gasteiger partial charge >= 0.3 is 0 Å². The number of carbonyl (C=O) groups is 1. The number of anilines is 1. The summed E-state index contributed by atoms with van der Waals surface area (Å²) in [6.07, 6.45) is 5.41. The fourth-order valence-corrected chi connectivity index (χ4v) is 2.75. The molecule has 2 rings (SSSR count). The summed E-state index contributed by atoms with van der Waals surface area (Å²) < 4.78 is 0. The van der Waals surface area contributed by atoms with Gasteiger partial charge in [-0.1, -0.05) is 12.8 Å². The Hall–Kier alpha value is -1.62. The molecule has 2 N–H and O–H groups in total. The lowest BCUT2D eigenvalue weighted by atomic mass is 9.91. The van der Waals surface area contributed by atoms with Crippen molar-refractivity contribution >= 4 is 11.6 Å². The molecule has 1 aromatic rings. The minimum Gasteiger partial charge on any atom is -0.391 e. The van der Waals surface area contributed by atoms with Crippen LogP contribution < -0.4 is 10.2 Å². The lowest BCUT2D eigenvalue weighted by Crippen LogP contribution is -2.43. The summed E-state index contributed by atoms with van der Waals surface area (Å²) in [6.45, 7) is 2.47. The van der Waals surface area contributed by atoms with E-state index in [2.05, 4.69) is 15.2 Å². The molecule has 0 bridgehead atoms. The number of likely N-dealkylation sites (N-methyl/N-ethyl adjacent to an activating group) is 1. The van der Waals surface area contributed by atoms with Crippen LogP contribution in [-0.4, -0.2) is 41.7 Å². The molecule has 2 atom stereocenters. The number of nitrogens with one attached hydrogen (secondary N) is 1.